The molecule has 1 aliphatic rings. The second kappa shape index (κ2) is 10.1. The number of nitrogens with zero attached hydrogens (tertiary/aromatic N) is 2. The minimum atomic E-state index is -0.610. The minimum Gasteiger partial charge on any atom is -0.325 e. The van der Waals surface area contributed by atoms with Crippen molar-refractivity contribution >= 4 is 57.5 Å². The second-order valence-corrected chi connectivity index (χ2v) is 9.99. The van der Waals surface area contributed by atoms with E-state index < -0.39 is 11.8 Å². The lowest BCUT2D eigenvalue weighted by molar-refractivity contribution is -0.118. The number of carbonyl (C=O) groups is 2. The van der Waals surface area contributed by atoms with Crippen LogP contribution in [0.4, 0.5) is 5.69 Å². The molecule has 8 heteroatoms. The topological polar surface area (TPSA) is 82.3 Å². The number of nitriles is 1. The number of hydrogen-bond acceptors (Lipinski definition) is 7. The molecule has 0 bridgehead atoms. The number of nitrogens with one attached hydrogen (secondary N) is 1. The average Bonchev–Trinajstić information content (AvgIpc) is 3.52. The summed E-state index contributed by atoms with van der Waals surface area (Å²) in [4.78, 5) is 32.0. The highest BCUT2D eigenvalue weighted by Crippen LogP contribution is 2.43. The van der Waals surface area contributed by atoms with Gasteiger partial charge in [-0.15, -0.1) is 22.7 Å². The fourth-order valence-electron chi connectivity index (χ4n) is 3.56. The third-order valence-corrected chi connectivity index (χ3v) is 7.89. The predicted octanol–water partition coefficient (Wildman–Crippen LogP) is 5.97. The second-order valence-electron chi connectivity index (χ2n) is 7.10. The van der Waals surface area contributed by atoms with E-state index in [1.807, 2.05) is 66.2 Å². The number of allylic oxidation sites excluding steroid dienone is 1. The van der Waals surface area contributed by atoms with Crippen LogP contribution in [0, 0.1) is 17.2 Å². The zero-order valence-corrected chi connectivity index (χ0v) is 19.6. The Morgan fingerprint density at radius 1 is 1.09 bits per heavy atom. The highest BCUT2D eigenvalue weighted by molar-refractivity contribution is 8.03. The van der Waals surface area contributed by atoms with Gasteiger partial charge in [0.2, 0.25) is 5.91 Å². The van der Waals surface area contributed by atoms with E-state index in [-0.39, 0.29) is 17.4 Å². The summed E-state index contributed by atoms with van der Waals surface area (Å²) in [6, 6.07) is 19.0. The van der Waals surface area contributed by atoms with Crippen LogP contribution in [0.25, 0.3) is 0 Å². The van der Waals surface area contributed by atoms with Crippen molar-refractivity contribution in [1.82, 2.24) is 0 Å². The number of aliphatic imine (C=N–C) groups is 1. The first kappa shape index (κ1) is 22.2. The number of ketones is 1. The van der Waals surface area contributed by atoms with Gasteiger partial charge in [0, 0.05) is 22.2 Å². The van der Waals surface area contributed by atoms with Gasteiger partial charge in [-0.05, 0) is 41.9 Å². The van der Waals surface area contributed by atoms with Crippen LogP contribution in [-0.2, 0) is 4.79 Å². The SMILES string of the molecule is CC1=NC(SCC(=O)c2cccs2)=C(C#N)[C@H](c2cccs2)C1C(=O)Nc1ccccc1. The van der Waals surface area contributed by atoms with Crippen molar-refractivity contribution in [3.63, 3.8) is 0 Å². The lowest BCUT2D eigenvalue weighted by Crippen LogP contribution is -2.36. The Hall–Kier alpha value is -2.99. The molecule has 32 heavy (non-hydrogen) atoms. The molecule has 1 N–H and O–H groups in total. The molecule has 0 aliphatic carbocycles. The number of amides is 1. The first-order chi connectivity index (χ1) is 15.6. The summed E-state index contributed by atoms with van der Waals surface area (Å²) >= 11 is 4.16. The molecular formula is C24H19N3O2S3. The van der Waals surface area contributed by atoms with Crippen molar-refractivity contribution in [3.8, 4) is 6.07 Å². The van der Waals surface area contributed by atoms with Crippen molar-refractivity contribution in [1.29, 1.82) is 5.26 Å². The van der Waals surface area contributed by atoms with Gasteiger partial charge in [-0.2, -0.15) is 5.26 Å². The molecule has 5 nitrogen and oxygen atoms in total. The van der Waals surface area contributed by atoms with Crippen LogP contribution in [0.5, 0.6) is 0 Å². The quantitative estimate of drug-likeness (QED) is 0.425. The summed E-state index contributed by atoms with van der Waals surface area (Å²) < 4.78 is 0. The molecule has 1 amide bonds. The standard InChI is InChI=1S/C24H19N3O2S3/c1-15-21(23(29)27-16-7-3-2-4-8-16)22(20-10-6-12-31-20)17(13-25)24(26-15)32-14-18(28)19-9-5-11-30-19/h2-12,21-22H,14H2,1H3,(H,27,29)/t21?,22-/m1/s1. The van der Waals surface area contributed by atoms with E-state index in [0.29, 0.717) is 26.9 Å². The molecule has 0 fully saturated rings. The molecule has 4 rings (SSSR count). The fraction of sp³-hybridized carbons (Fsp3) is 0.167. The predicted molar refractivity (Wildman–Crippen MR) is 132 cm³/mol. The Bertz CT molecular complexity index is 1210. The number of carbonyl (C=O) groups excluding carboxylic acids is 2. The van der Waals surface area contributed by atoms with Gasteiger partial charge in [-0.1, -0.05) is 42.1 Å². The summed E-state index contributed by atoms with van der Waals surface area (Å²) in [6.07, 6.45) is 0. The summed E-state index contributed by atoms with van der Waals surface area (Å²) in [5.74, 6) is -1.07. The Morgan fingerprint density at radius 2 is 1.84 bits per heavy atom. The normalized spacial score (nSPS) is 18.1. The van der Waals surface area contributed by atoms with Crippen LogP contribution in [0.2, 0.25) is 0 Å². The van der Waals surface area contributed by atoms with Crippen LogP contribution in [0.3, 0.4) is 0 Å². The smallest absolute Gasteiger partial charge is 0.234 e. The molecular weight excluding hydrogens is 458 g/mol. The minimum absolute atomic E-state index is 0.000685. The molecule has 0 spiro atoms. The third kappa shape index (κ3) is 4.75. The van der Waals surface area contributed by atoms with Crippen molar-refractivity contribution in [2.75, 3.05) is 11.1 Å². The van der Waals surface area contributed by atoms with Crippen LogP contribution in [0.1, 0.15) is 27.4 Å². The zero-order valence-electron chi connectivity index (χ0n) is 17.1. The summed E-state index contributed by atoms with van der Waals surface area (Å²) in [7, 11) is 0. The number of thiophene rings is 2. The number of hydrogen-bond donors (Lipinski definition) is 1. The van der Waals surface area contributed by atoms with E-state index >= 15 is 0 Å². The molecule has 2 aromatic heterocycles. The van der Waals surface area contributed by atoms with Gasteiger partial charge in [0.25, 0.3) is 0 Å². The van der Waals surface area contributed by atoms with Gasteiger partial charge in [-0.25, -0.2) is 4.99 Å². The molecule has 1 aliphatic heterocycles. The fourth-order valence-corrected chi connectivity index (χ4v) is 6.15. The molecule has 160 valence electrons. The maximum atomic E-state index is 13.3. The van der Waals surface area contributed by atoms with E-state index in [1.54, 1.807) is 6.07 Å². The maximum Gasteiger partial charge on any atom is 0.234 e. The summed E-state index contributed by atoms with van der Waals surface area (Å²) in [5.41, 5.74) is 1.75. The highest BCUT2D eigenvalue weighted by atomic mass is 32.2. The van der Waals surface area contributed by atoms with Gasteiger partial charge in [0.15, 0.2) is 5.78 Å². The molecule has 1 aromatic carbocycles. The largest absolute Gasteiger partial charge is 0.325 e. The van der Waals surface area contributed by atoms with E-state index in [1.165, 1.54) is 34.4 Å². The van der Waals surface area contributed by atoms with Crippen molar-refractivity contribution in [2.45, 2.75) is 12.8 Å². The Balaban J connectivity index is 1.65. The van der Waals surface area contributed by atoms with Gasteiger partial charge < -0.3 is 5.32 Å². The van der Waals surface area contributed by atoms with E-state index in [9.17, 15) is 14.9 Å². The maximum absolute atomic E-state index is 13.3. The van der Waals surface area contributed by atoms with Crippen LogP contribution < -0.4 is 5.32 Å². The molecule has 3 aromatic rings. The average molecular weight is 478 g/mol. The van der Waals surface area contributed by atoms with Crippen LogP contribution in [0.15, 0.2) is 81.0 Å². The zero-order chi connectivity index (χ0) is 22.5. The lowest BCUT2D eigenvalue weighted by atomic mass is 9.80. The van der Waals surface area contributed by atoms with Gasteiger partial charge >= 0.3 is 0 Å². The first-order valence-corrected chi connectivity index (χ1v) is 12.6. The lowest BCUT2D eigenvalue weighted by Gasteiger charge is -2.30. The van der Waals surface area contributed by atoms with Crippen LogP contribution >= 0.6 is 34.4 Å². The number of anilines is 1. The molecule has 1 unspecified atom stereocenters. The number of Topliss-reactive ketones (excluding diaryl/α,β-unsaturated/α-hetero) is 1. The Morgan fingerprint density at radius 3 is 2.50 bits per heavy atom. The number of benzene rings is 1. The van der Waals surface area contributed by atoms with E-state index in [0.717, 1.165) is 4.88 Å². The van der Waals surface area contributed by atoms with Crippen molar-refractivity contribution < 1.29 is 9.59 Å². The van der Waals surface area contributed by atoms with E-state index in [4.69, 9.17) is 0 Å². The first-order valence-electron chi connectivity index (χ1n) is 9.86. The molecule has 0 saturated heterocycles. The Labute approximate surface area is 198 Å². The van der Waals surface area contributed by atoms with Gasteiger partial charge in [-0.3, -0.25) is 9.59 Å². The summed E-state index contributed by atoms with van der Waals surface area (Å²) in [6.45, 7) is 1.81. The number of thioether (sulfide) groups is 1. The molecule has 0 radical (unpaired) electrons. The highest BCUT2D eigenvalue weighted by Gasteiger charge is 2.40. The summed E-state index contributed by atoms with van der Waals surface area (Å²) in [5, 5.41) is 17.3. The van der Waals surface area contributed by atoms with Crippen molar-refractivity contribution in [2.24, 2.45) is 10.9 Å². The van der Waals surface area contributed by atoms with Crippen LogP contribution in [-0.4, -0.2) is 23.2 Å². The van der Waals surface area contributed by atoms with Gasteiger partial charge in [0.1, 0.15) is 5.03 Å². The van der Waals surface area contributed by atoms with E-state index in [2.05, 4.69) is 16.4 Å². The molecule has 0 saturated carbocycles. The third-order valence-electron chi connectivity index (χ3n) is 5.03. The van der Waals surface area contributed by atoms with Gasteiger partial charge in [0.05, 0.1) is 28.2 Å². The number of rotatable bonds is 7. The monoisotopic (exact) mass is 477 g/mol. The molecule has 3 heterocycles. The Kier molecular flexibility index (Phi) is 7.00. The molecule has 2 atom stereocenters. The number of para-hydroxylation sites is 1. The van der Waals surface area contributed by atoms with Crippen molar-refractivity contribution in [3.05, 3.63) is 85.7 Å².